The molecule has 2 rings (SSSR count). The van der Waals surface area contributed by atoms with Crippen LogP contribution < -0.4 is 10.7 Å². The fourth-order valence-electron chi connectivity index (χ4n) is 2.36. The Morgan fingerprint density at radius 3 is 2.45 bits per heavy atom. The van der Waals surface area contributed by atoms with E-state index in [2.05, 4.69) is 34.9 Å². The van der Waals surface area contributed by atoms with Gasteiger partial charge in [-0.2, -0.15) is 5.10 Å². The molecule has 5 heteroatoms. The van der Waals surface area contributed by atoms with E-state index in [1.165, 1.54) is 10.4 Å². The van der Waals surface area contributed by atoms with E-state index >= 15 is 0 Å². The summed E-state index contributed by atoms with van der Waals surface area (Å²) in [6.07, 6.45) is 1.66. The predicted molar refractivity (Wildman–Crippen MR) is 93.9 cm³/mol. The van der Waals surface area contributed by atoms with E-state index in [1.54, 1.807) is 17.6 Å². The first kappa shape index (κ1) is 16.2. The molecule has 4 nitrogen and oxygen atoms in total. The Kier molecular flexibility index (Phi) is 5.33. The van der Waals surface area contributed by atoms with Crippen LogP contribution in [0.15, 0.2) is 29.4 Å². The summed E-state index contributed by atoms with van der Waals surface area (Å²) < 4.78 is 0. The highest BCUT2D eigenvalue weighted by molar-refractivity contribution is 7.13. The van der Waals surface area contributed by atoms with Crippen LogP contribution >= 0.6 is 11.3 Å². The largest absolute Gasteiger partial charge is 0.376 e. The minimum atomic E-state index is -0.163. The molecule has 1 amide bonds. The Balaban J connectivity index is 1.87. The summed E-state index contributed by atoms with van der Waals surface area (Å²) in [4.78, 5) is 14.1. The van der Waals surface area contributed by atoms with Gasteiger partial charge in [-0.1, -0.05) is 17.7 Å². The number of hydrazone groups is 1. The molecule has 116 valence electrons. The molecular formula is C17H21N3OS. The van der Waals surface area contributed by atoms with Crippen LogP contribution in [0.5, 0.6) is 0 Å². The first-order valence-electron chi connectivity index (χ1n) is 7.16. The summed E-state index contributed by atoms with van der Waals surface area (Å²) in [5.74, 6) is -0.163. The quantitative estimate of drug-likeness (QED) is 0.655. The summed E-state index contributed by atoms with van der Waals surface area (Å²) in [6, 6.07) is 8.21. The molecule has 0 aliphatic rings. The van der Waals surface area contributed by atoms with E-state index < -0.39 is 0 Å². The van der Waals surface area contributed by atoms with Crippen LogP contribution in [0.4, 0.5) is 5.69 Å². The zero-order chi connectivity index (χ0) is 16.1. The number of hydrogen-bond donors (Lipinski definition) is 2. The highest BCUT2D eigenvalue weighted by Crippen LogP contribution is 2.21. The molecule has 0 aliphatic heterocycles. The van der Waals surface area contributed by atoms with Crippen molar-refractivity contribution >= 4 is 29.1 Å². The molecule has 0 aliphatic carbocycles. The van der Waals surface area contributed by atoms with Crippen molar-refractivity contribution in [3.63, 3.8) is 0 Å². The average molecular weight is 315 g/mol. The summed E-state index contributed by atoms with van der Waals surface area (Å²) in [7, 11) is 0. The van der Waals surface area contributed by atoms with E-state index in [0.717, 1.165) is 21.7 Å². The number of thiophene rings is 1. The van der Waals surface area contributed by atoms with Crippen molar-refractivity contribution in [1.29, 1.82) is 0 Å². The van der Waals surface area contributed by atoms with Gasteiger partial charge < -0.3 is 5.32 Å². The summed E-state index contributed by atoms with van der Waals surface area (Å²) in [6.45, 7) is 8.38. The van der Waals surface area contributed by atoms with Gasteiger partial charge in [0.05, 0.1) is 12.8 Å². The SMILES string of the molecule is Cc1cc(C)c(NCC(=O)N/N=C\c2ccc(C)s2)c(C)c1. The van der Waals surface area contributed by atoms with Crippen molar-refractivity contribution in [3.8, 4) is 0 Å². The molecule has 22 heavy (non-hydrogen) atoms. The molecule has 2 aromatic rings. The van der Waals surface area contributed by atoms with Crippen molar-refractivity contribution in [2.75, 3.05) is 11.9 Å². The first-order chi connectivity index (χ1) is 10.5. The van der Waals surface area contributed by atoms with Gasteiger partial charge in [0.25, 0.3) is 5.91 Å². The molecule has 0 saturated heterocycles. The van der Waals surface area contributed by atoms with Crippen LogP contribution in [0.1, 0.15) is 26.4 Å². The third-order valence-electron chi connectivity index (χ3n) is 3.24. The van der Waals surface area contributed by atoms with Crippen LogP contribution in [-0.4, -0.2) is 18.7 Å². The number of rotatable bonds is 5. The number of benzene rings is 1. The Bertz CT molecular complexity index is 681. The minimum absolute atomic E-state index is 0.163. The fraction of sp³-hybridized carbons (Fsp3) is 0.294. The van der Waals surface area contributed by atoms with Crippen LogP contribution in [-0.2, 0) is 4.79 Å². The number of carbonyl (C=O) groups is 1. The smallest absolute Gasteiger partial charge is 0.259 e. The van der Waals surface area contributed by atoms with Gasteiger partial charge >= 0.3 is 0 Å². The van der Waals surface area contributed by atoms with Gasteiger partial charge in [0.2, 0.25) is 0 Å². The van der Waals surface area contributed by atoms with Gasteiger partial charge in [0.15, 0.2) is 0 Å². The van der Waals surface area contributed by atoms with Crippen molar-refractivity contribution < 1.29 is 4.79 Å². The molecule has 0 radical (unpaired) electrons. The number of anilines is 1. The maximum absolute atomic E-state index is 11.8. The van der Waals surface area contributed by atoms with E-state index in [4.69, 9.17) is 0 Å². The second kappa shape index (κ2) is 7.22. The zero-order valence-corrected chi connectivity index (χ0v) is 14.2. The number of nitrogens with zero attached hydrogens (tertiary/aromatic N) is 1. The standard InChI is InChI=1S/C17H21N3OS/c1-11-7-12(2)17(13(3)8-11)18-10-16(21)20-19-9-15-6-5-14(4)22-15/h5-9,18H,10H2,1-4H3,(H,20,21)/b19-9-. The lowest BCUT2D eigenvalue weighted by Crippen LogP contribution is -2.26. The number of hydrogen-bond acceptors (Lipinski definition) is 4. The van der Waals surface area contributed by atoms with Crippen molar-refractivity contribution in [3.05, 3.63) is 50.7 Å². The Hall–Kier alpha value is -2.14. The predicted octanol–water partition coefficient (Wildman–Crippen LogP) is 3.54. The van der Waals surface area contributed by atoms with E-state index in [-0.39, 0.29) is 12.5 Å². The molecule has 1 aromatic carbocycles. The van der Waals surface area contributed by atoms with Crippen LogP contribution in [0.3, 0.4) is 0 Å². The van der Waals surface area contributed by atoms with Gasteiger partial charge in [-0.25, -0.2) is 5.43 Å². The van der Waals surface area contributed by atoms with E-state index in [0.29, 0.717) is 0 Å². The van der Waals surface area contributed by atoms with Crippen LogP contribution in [0, 0.1) is 27.7 Å². The van der Waals surface area contributed by atoms with Crippen molar-refractivity contribution in [1.82, 2.24) is 5.43 Å². The Morgan fingerprint density at radius 1 is 1.18 bits per heavy atom. The lowest BCUT2D eigenvalue weighted by Gasteiger charge is -2.13. The Morgan fingerprint density at radius 2 is 1.86 bits per heavy atom. The second-order valence-corrected chi connectivity index (χ2v) is 6.69. The molecule has 2 N–H and O–H groups in total. The molecule has 1 aromatic heterocycles. The molecule has 0 unspecified atom stereocenters. The maximum Gasteiger partial charge on any atom is 0.259 e. The van der Waals surface area contributed by atoms with E-state index in [1.807, 2.05) is 32.9 Å². The van der Waals surface area contributed by atoms with Gasteiger partial charge in [-0.15, -0.1) is 11.3 Å². The molecular weight excluding hydrogens is 294 g/mol. The third-order valence-corrected chi connectivity index (χ3v) is 4.18. The van der Waals surface area contributed by atoms with Crippen LogP contribution in [0.2, 0.25) is 0 Å². The number of nitrogens with one attached hydrogen (secondary N) is 2. The number of amides is 1. The maximum atomic E-state index is 11.8. The summed E-state index contributed by atoms with van der Waals surface area (Å²) in [5, 5.41) is 7.15. The minimum Gasteiger partial charge on any atom is -0.376 e. The molecule has 0 spiro atoms. The summed E-state index contributed by atoms with van der Waals surface area (Å²) in [5.41, 5.74) is 7.05. The lowest BCUT2D eigenvalue weighted by atomic mass is 10.1. The fourth-order valence-corrected chi connectivity index (χ4v) is 3.11. The van der Waals surface area contributed by atoms with Crippen molar-refractivity contribution in [2.45, 2.75) is 27.7 Å². The van der Waals surface area contributed by atoms with Gasteiger partial charge in [0.1, 0.15) is 0 Å². The van der Waals surface area contributed by atoms with Crippen LogP contribution in [0.25, 0.3) is 0 Å². The number of aryl methyl sites for hydroxylation is 4. The molecule has 1 heterocycles. The normalized spacial score (nSPS) is 10.9. The topological polar surface area (TPSA) is 53.5 Å². The number of carbonyl (C=O) groups excluding carboxylic acids is 1. The average Bonchev–Trinajstić information content (AvgIpc) is 2.83. The van der Waals surface area contributed by atoms with Crippen molar-refractivity contribution in [2.24, 2.45) is 5.10 Å². The van der Waals surface area contributed by atoms with Gasteiger partial charge in [-0.3, -0.25) is 4.79 Å². The molecule has 0 saturated carbocycles. The third kappa shape index (κ3) is 4.43. The van der Waals surface area contributed by atoms with Gasteiger partial charge in [0, 0.05) is 15.4 Å². The first-order valence-corrected chi connectivity index (χ1v) is 7.97. The monoisotopic (exact) mass is 315 g/mol. The molecule has 0 fully saturated rings. The zero-order valence-electron chi connectivity index (χ0n) is 13.4. The van der Waals surface area contributed by atoms with E-state index in [9.17, 15) is 4.79 Å². The highest BCUT2D eigenvalue weighted by atomic mass is 32.1. The Labute approximate surface area is 135 Å². The highest BCUT2D eigenvalue weighted by Gasteiger charge is 2.05. The van der Waals surface area contributed by atoms with Gasteiger partial charge in [-0.05, 0) is 51.0 Å². The molecule has 0 atom stereocenters. The summed E-state index contributed by atoms with van der Waals surface area (Å²) >= 11 is 1.64. The lowest BCUT2D eigenvalue weighted by molar-refractivity contribution is -0.119. The molecule has 0 bridgehead atoms. The second-order valence-electron chi connectivity index (χ2n) is 5.37.